The van der Waals surface area contributed by atoms with E-state index >= 15 is 0 Å². The number of nitrogens with zero attached hydrogens (tertiary/aromatic N) is 1. The molecule has 24 heavy (non-hydrogen) atoms. The predicted octanol–water partition coefficient (Wildman–Crippen LogP) is 2.67. The molecule has 1 aromatic carbocycles. The minimum atomic E-state index is -0.258. The van der Waals surface area contributed by atoms with Gasteiger partial charge in [0.25, 0.3) is 0 Å². The molecule has 1 N–H and O–H groups in total. The monoisotopic (exact) mass is 332 g/mol. The van der Waals surface area contributed by atoms with Gasteiger partial charge in [0.2, 0.25) is 11.8 Å². The number of halogens is 1. The van der Waals surface area contributed by atoms with Crippen LogP contribution < -0.4 is 5.32 Å². The molecule has 5 heteroatoms. The van der Waals surface area contributed by atoms with Gasteiger partial charge in [-0.2, -0.15) is 0 Å². The van der Waals surface area contributed by atoms with E-state index in [1.165, 1.54) is 18.6 Å². The maximum absolute atomic E-state index is 12.9. The molecule has 0 atom stereocenters. The largest absolute Gasteiger partial charge is 0.353 e. The zero-order chi connectivity index (χ0) is 16.9. The van der Waals surface area contributed by atoms with Crippen molar-refractivity contribution in [2.75, 3.05) is 13.1 Å². The van der Waals surface area contributed by atoms with E-state index in [0.717, 1.165) is 44.3 Å². The van der Waals surface area contributed by atoms with Crippen LogP contribution in [0.15, 0.2) is 24.3 Å². The topological polar surface area (TPSA) is 49.4 Å². The molecule has 1 saturated heterocycles. The molecular formula is C19H25FN2O2. The second kappa shape index (κ2) is 7.77. The Bertz CT molecular complexity index is 576. The molecule has 1 aromatic rings. The van der Waals surface area contributed by atoms with Crippen LogP contribution in [0.5, 0.6) is 0 Å². The van der Waals surface area contributed by atoms with E-state index in [-0.39, 0.29) is 23.7 Å². The van der Waals surface area contributed by atoms with Crippen LogP contribution in [0.1, 0.15) is 44.1 Å². The third-order valence-corrected chi connectivity index (χ3v) is 5.18. The predicted molar refractivity (Wildman–Crippen MR) is 89.8 cm³/mol. The Hall–Kier alpha value is -1.91. The van der Waals surface area contributed by atoms with Gasteiger partial charge in [-0.25, -0.2) is 4.39 Å². The van der Waals surface area contributed by atoms with E-state index in [9.17, 15) is 14.0 Å². The van der Waals surface area contributed by atoms with Crippen LogP contribution in [0.2, 0.25) is 0 Å². The lowest BCUT2D eigenvalue weighted by molar-refractivity contribution is -0.139. The minimum absolute atomic E-state index is 0.0306. The summed E-state index contributed by atoms with van der Waals surface area (Å²) in [7, 11) is 0. The second-order valence-corrected chi connectivity index (χ2v) is 6.92. The van der Waals surface area contributed by atoms with Crippen LogP contribution in [0.4, 0.5) is 4.39 Å². The summed E-state index contributed by atoms with van der Waals surface area (Å²) >= 11 is 0. The molecule has 2 amide bonds. The number of carbonyl (C=O) groups is 2. The van der Waals surface area contributed by atoms with Gasteiger partial charge in [-0.1, -0.05) is 18.6 Å². The Morgan fingerprint density at radius 1 is 1.08 bits per heavy atom. The zero-order valence-electron chi connectivity index (χ0n) is 14.0. The van der Waals surface area contributed by atoms with Gasteiger partial charge in [0.1, 0.15) is 5.82 Å². The van der Waals surface area contributed by atoms with Crippen LogP contribution in [0.3, 0.4) is 0 Å². The van der Waals surface area contributed by atoms with Crippen LogP contribution in [-0.4, -0.2) is 35.8 Å². The molecule has 0 radical (unpaired) electrons. The Kier molecular flexibility index (Phi) is 5.48. The van der Waals surface area contributed by atoms with E-state index in [2.05, 4.69) is 5.32 Å². The molecule has 1 saturated carbocycles. The normalized spacial score (nSPS) is 19.0. The first-order valence-electron chi connectivity index (χ1n) is 8.94. The highest BCUT2D eigenvalue weighted by Crippen LogP contribution is 2.29. The highest BCUT2D eigenvalue weighted by Gasteiger charge is 2.31. The first-order valence-corrected chi connectivity index (χ1v) is 8.94. The van der Waals surface area contributed by atoms with Gasteiger partial charge in [-0.05, 0) is 49.8 Å². The first-order chi connectivity index (χ1) is 11.6. The Morgan fingerprint density at radius 3 is 2.33 bits per heavy atom. The molecular weight excluding hydrogens is 307 g/mol. The fraction of sp³-hybridized carbons (Fsp3) is 0.579. The van der Waals surface area contributed by atoms with E-state index in [1.807, 2.05) is 4.90 Å². The Balaban J connectivity index is 1.36. The Labute approximate surface area is 142 Å². The lowest BCUT2D eigenvalue weighted by atomic mass is 9.84. The number of amides is 2. The standard InChI is InChI=1S/C19H25FN2O2/c20-16-7-4-14(5-8-16)6-9-18(23)21-17-10-12-22(13-11-17)19(24)15-2-1-3-15/h4-5,7-8,15,17H,1-3,6,9-13H2,(H,21,23). The molecule has 2 fully saturated rings. The van der Waals surface area contributed by atoms with E-state index in [1.54, 1.807) is 12.1 Å². The second-order valence-electron chi connectivity index (χ2n) is 6.92. The van der Waals surface area contributed by atoms with Gasteiger partial charge in [-0.3, -0.25) is 9.59 Å². The van der Waals surface area contributed by atoms with Crippen molar-refractivity contribution in [3.63, 3.8) is 0 Å². The Morgan fingerprint density at radius 2 is 1.75 bits per heavy atom. The van der Waals surface area contributed by atoms with E-state index in [4.69, 9.17) is 0 Å². The highest BCUT2D eigenvalue weighted by molar-refractivity contribution is 5.80. The summed E-state index contributed by atoms with van der Waals surface area (Å²) in [4.78, 5) is 26.2. The quantitative estimate of drug-likeness (QED) is 0.901. The molecule has 0 aromatic heterocycles. The summed E-state index contributed by atoms with van der Waals surface area (Å²) < 4.78 is 12.9. The number of benzene rings is 1. The van der Waals surface area contributed by atoms with E-state index in [0.29, 0.717) is 18.7 Å². The van der Waals surface area contributed by atoms with Gasteiger partial charge in [0.05, 0.1) is 0 Å². The molecule has 2 aliphatic rings. The van der Waals surface area contributed by atoms with Crippen molar-refractivity contribution >= 4 is 11.8 Å². The fourth-order valence-corrected chi connectivity index (χ4v) is 3.37. The highest BCUT2D eigenvalue weighted by atomic mass is 19.1. The first kappa shape index (κ1) is 16.9. The molecule has 1 heterocycles. The zero-order valence-corrected chi connectivity index (χ0v) is 14.0. The fourth-order valence-electron chi connectivity index (χ4n) is 3.37. The number of rotatable bonds is 5. The van der Waals surface area contributed by atoms with Gasteiger partial charge in [0.15, 0.2) is 0 Å². The number of hydrogen-bond donors (Lipinski definition) is 1. The molecule has 1 aliphatic carbocycles. The van der Waals surface area contributed by atoms with Gasteiger partial charge in [-0.15, -0.1) is 0 Å². The molecule has 0 spiro atoms. The third-order valence-electron chi connectivity index (χ3n) is 5.18. The lowest BCUT2D eigenvalue weighted by Gasteiger charge is -2.36. The summed E-state index contributed by atoms with van der Waals surface area (Å²) in [6.07, 6.45) is 5.95. The SMILES string of the molecule is O=C(CCc1ccc(F)cc1)NC1CCN(C(=O)C2CCC2)CC1. The van der Waals surface area contributed by atoms with Crippen molar-refractivity contribution in [2.45, 2.75) is 51.0 Å². The smallest absolute Gasteiger partial charge is 0.225 e. The average Bonchev–Trinajstić information content (AvgIpc) is 2.53. The minimum Gasteiger partial charge on any atom is -0.353 e. The van der Waals surface area contributed by atoms with Crippen LogP contribution >= 0.6 is 0 Å². The van der Waals surface area contributed by atoms with E-state index < -0.39 is 0 Å². The lowest BCUT2D eigenvalue weighted by Crippen LogP contribution is -2.48. The molecule has 0 bridgehead atoms. The summed E-state index contributed by atoms with van der Waals surface area (Å²) in [6, 6.07) is 6.43. The number of carbonyl (C=O) groups excluding carboxylic acids is 2. The molecule has 3 rings (SSSR count). The molecule has 1 aliphatic heterocycles. The maximum atomic E-state index is 12.9. The average molecular weight is 332 g/mol. The summed E-state index contributed by atoms with van der Waals surface area (Å²) in [5.41, 5.74) is 0.965. The number of hydrogen-bond acceptors (Lipinski definition) is 2. The van der Waals surface area contributed by atoms with Gasteiger partial charge < -0.3 is 10.2 Å². The van der Waals surface area contributed by atoms with Crippen molar-refractivity contribution < 1.29 is 14.0 Å². The molecule has 130 valence electrons. The molecule has 4 nitrogen and oxygen atoms in total. The van der Waals surface area contributed by atoms with Crippen LogP contribution in [0.25, 0.3) is 0 Å². The van der Waals surface area contributed by atoms with Crippen LogP contribution in [-0.2, 0) is 16.0 Å². The summed E-state index contributed by atoms with van der Waals surface area (Å²) in [5, 5.41) is 3.07. The number of piperidine rings is 1. The van der Waals surface area contributed by atoms with Crippen molar-refractivity contribution in [3.05, 3.63) is 35.6 Å². The number of nitrogens with one attached hydrogen (secondary N) is 1. The van der Waals surface area contributed by atoms with Crippen molar-refractivity contribution in [1.29, 1.82) is 0 Å². The van der Waals surface area contributed by atoms with Crippen molar-refractivity contribution in [3.8, 4) is 0 Å². The number of likely N-dealkylation sites (tertiary alicyclic amines) is 1. The van der Waals surface area contributed by atoms with Gasteiger partial charge >= 0.3 is 0 Å². The van der Waals surface area contributed by atoms with Crippen LogP contribution in [0, 0.1) is 11.7 Å². The van der Waals surface area contributed by atoms with Crippen molar-refractivity contribution in [2.24, 2.45) is 5.92 Å². The van der Waals surface area contributed by atoms with Gasteiger partial charge in [0, 0.05) is 31.5 Å². The number of aryl methyl sites for hydroxylation is 1. The third kappa shape index (κ3) is 4.34. The maximum Gasteiger partial charge on any atom is 0.225 e. The van der Waals surface area contributed by atoms with Crippen molar-refractivity contribution in [1.82, 2.24) is 10.2 Å². The summed E-state index contributed by atoms with van der Waals surface area (Å²) in [5.74, 6) is 0.337. The molecule has 0 unspecified atom stereocenters. The summed E-state index contributed by atoms with van der Waals surface area (Å²) in [6.45, 7) is 1.50.